The molecule has 0 spiro atoms. The number of fused-ring (bicyclic) bond motifs is 4. The molecule has 2 aromatic carbocycles. The number of allylic oxidation sites excluding steroid dienone is 1. The first-order valence-electron chi connectivity index (χ1n) is 11.0. The highest BCUT2D eigenvalue weighted by Crippen LogP contribution is 2.42. The molecule has 1 aliphatic heterocycles. The molecule has 0 fully saturated rings. The molecule has 0 unspecified atom stereocenters. The van der Waals surface area contributed by atoms with Crippen LogP contribution < -0.4 is 14.9 Å². The van der Waals surface area contributed by atoms with Gasteiger partial charge in [0.1, 0.15) is 0 Å². The van der Waals surface area contributed by atoms with Gasteiger partial charge in [0.15, 0.2) is 4.80 Å². The Morgan fingerprint density at radius 3 is 2.82 bits per heavy atom. The van der Waals surface area contributed by atoms with Gasteiger partial charge in [0.25, 0.3) is 5.56 Å². The van der Waals surface area contributed by atoms with Crippen LogP contribution in [0.25, 0.3) is 22.7 Å². The largest absolute Gasteiger partial charge is 0.361 e. The first-order chi connectivity index (χ1) is 16.3. The summed E-state index contributed by atoms with van der Waals surface area (Å²) in [4.78, 5) is 24.1. The standard InChI is InChI=1S/C27H19N3OS2/c31-26-23(14-17-15-28-21-9-4-3-7-18(17)21)33-27-29-24-19-8-2-1-6-16(19)11-12-20(24)25(30(26)27)22-10-5-13-32-22/h1-10,13-15,25,28H,11-12H2/b23-14+/t25-/m0/s1. The Morgan fingerprint density at radius 2 is 1.91 bits per heavy atom. The van der Waals surface area contributed by atoms with Crippen LogP contribution >= 0.6 is 22.7 Å². The quantitative estimate of drug-likeness (QED) is 0.398. The second kappa shape index (κ2) is 7.27. The van der Waals surface area contributed by atoms with Gasteiger partial charge >= 0.3 is 0 Å². The summed E-state index contributed by atoms with van der Waals surface area (Å²) in [5.74, 6) is 0. The van der Waals surface area contributed by atoms with Gasteiger partial charge in [-0.2, -0.15) is 0 Å². The fraction of sp³-hybridized carbons (Fsp3) is 0.111. The number of aromatic amines is 1. The molecule has 160 valence electrons. The molecule has 33 heavy (non-hydrogen) atoms. The maximum atomic E-state index is 13.8. The van der Waals surface area contributed by atoms with Crippen molar-refractivity contribution in [2.24, 2.45) is 4.99 Å². The Morgan fingerprint density at radius 1 is 1.03 bits per heavy atom. The summed E-state index contributed by atoms with van der Waals surface area (Å²) in [6.45, 7) is 0. The topological polar surface area (TPSA) is 50.1 Å². The lowest BCUT2D eigenvalue weighted by molar-refractivity contribution is 0.593. The lowest BCUT2D eigenvalue weighted by Gasteiger charge is -2.30. The third kappa shape index (κ3) is 2.88. The summed E-state index contributed by atoms with van der Waals surface area (Å²) < 4.78 is 2.64. The molecule has 6 heteroatoms. The molecular formula is C27H19N3OS2. The Kier molecular flexibility index (Phi) is 4.19. The summed E-state index contributed by atoms with van der Waals surface area (Å²) >= 11 is 3.19. The van der Waals surface area contributed by atoms with Crippen LogP contribution in [0.1, 0.15) is 34.0 Å². The number of hydrogen-bond donors (Lipinski definition) is 1. The molecule has 2 aliphatic rings. The van der Waals surface area contributed by atoms with Crippen molar-refractivity contribution in [3.63, 3.8) is 0 Å². The van der Waals surface area contributed by atoms with Crippen LogP contribution in [-0.2, 0) is 6.42 Å². The summed E-state index contributed by atoms with van der Waals surface area (Å²) in [7, 11) is 0. The molecule has 4 heterocycles. The van der Waals surface area contributed by atoms with Crippen LogP contribution in [0.5, 0.6) is 0 Å². The number of nitrogens with one attached hydrogen (secondary N) is 1. The zero-order valence-corrected chi connectivity index (χ0v) is 19.2. The molecule has 1 N–H and O–H groups in total. The van der Waals surface area contributed by atoms with Crippen molar-refractivity contribution in [2.45, 2.75) is 18.9 Å². The van der Waals surface area contributed by atoms with Crippen molar-refractivity contribution in [1.29, 1.82) is 0 Å². The SMILES string of the molecule is O=c1/c(=C\c2c[nH]c3ccccc23)sc2n1[C@H](c1cccs1)C1=C(N=2)c2ccccc2CC1. The van der Waals surface area contributed by atoms with Crippen LogP contribution in [0.3, 0.4) is 0 Å². The average Bonchev–Trinajstić information content (AvgIpc) is 3.59. The van der Waals surface area contributed by atoms with E-state index >= 15 is 0 Å². The van der Waals surface area contributed by atoms with Crippen LogP contribution in [0.4, 0.5) is 0 Å². The Hall–Kier alpha value is -3.48. The van der Waals surface area contributed by atoms with Crippen molar-refractivity contribution < 1.29 is 0 Å². The number of para-hydroxylation sites is 1. The van der Waals surface area contributed by atoms with E-state index in [0.717, 1.165) is 39.8 Å². The number of benzene rings is 2. The lowest BCUT2D eigenvalue weighted by Crippen LogP contribution is -2.38. The predicted octanol–water partition coefficient (Wildman–Crippen LogP) is 4.86. The van der Waals surface area contributed by atoms with Crippen LogP contribution in [0, 0.1) is 0 Å². The predicted molar refractivity (Wildman–Crippen MR) is 135 cm³/mol. The van der Waals surface area contributed by atoms with Crippen LogP contribution in [0.2, 0.25) is 0 Å². The second-order valence-electron chi connectivity index (χ2n) is 8.42. The number of thiazole rings is 1. The average molecular weight is 466 g/mol. The van der Waals surface area contributed by atoms with Gasteiger partial charge < -0.3 is 4.98 Å². The van der Waals surface area contributed by atoms with Gasteiger partial charge in [-0.25, -0.2) is 4.99 Å². The summed E-state index contributed by atoms with van der Waals surface area (Å²) in [5, 5.41) is 3.21. The van der Waals surface area contributed by atoms with E-state index in [-0.39, 0.29) is 11.6 Å². The maximum Gasteiger partial charge on any atom is 0.271 e. The van der Waals surface area contributed by atoms with Crippen LogP contribution in [0.15, 0.2) is 87.6 Å². The molecular weight excluding hydrogens is 446 g/mol. The van der Waals surface area contributed by atoms with Crippen LogP contribution in [-0.4, -0.2) is 9.55 Å². The van der Waals surface area contributed by atoms with Gasteiger partial charge in [-0.05, 0) is 47.6 Å². The normalized spacial score (nSPS) is 17.6. The third-order valence-corrected chi connectivity index (χ3v) is 8.50. The van der Waals surface area contributed by atoms with E-state index in [9.17, 15) is 4.79 Å². The fourth-order valence-corrected chi connectivity index (χ4v) is 6.91. The lowest BCUT2D eigenvalue weighted by atomic mass is 9.85. The van der Waals surface area contributed by atoms with Gasteiger partial charge in [-0.15, -0.1) is 11.3 Å². The molecule has 3 aromatic heterocycles. The molecule has 5 aromatic rings. The van der Waals surface area contributed by atoms with Crippen molar-refractivity contribution in [1.82, 2.24) is 9.55 Å². The van der Waals surface area contributed by atoms with E-state index in [4.69, 9.17) is 4.99 Å². The summed E-state index contributed by atoms with van der Waals surface area (Å²) in [6.07, 6.45) is 5.88. The molecule has 0 saturated heterocycles. The zero-order chi connectivity index (χ0) is 21.9. The number of nitrogens with zero attached hydrogens (tertiary/aromatic N) is 2. The highest BCUT2D eigenvalue weighted by molar-refractivity contribution is 7.10. The Balaban J connectivity index is 1.50. The smallest absolute Gasteiger partial charge is 0.271 e. The van der Waals surface area contributed by atoms with Crippen molar-refractivity contribution >= 4 is 45.3 Å². The van der Waals surface area contributed by atoms with Crippen molar-refractivity contribution in [2.75, 3.05) is 0 Å². The molecule has 7 rings (SSSR count). The Bertz CT molecular complexity index is 1750. The maximum absolute atomic E-state index is 13.8. The molecule has 0 saturated carbocycles. The first-order valence-corrected chi connectivity index (χ1v) is 12.7. The zero-order valence-electron chi connectivity index (χ0n) is 17.6. The molecule has 0 bridgehead atoms. The van der Waals surface area contributed by atoms with Crippen molar-refractivity contribution in [3.05, 3.63) is 119 Å². The highest BCUT2D eigenvalue weighted by atomic mass is 32.1. The third-order valence-electron chi connectivity index (χ3n) is 6.59. The van der Waals surface area contributed by atoms with E-state index in [1.165, 1.54) is 32.9 Å². The minimum absolute atomic E-state index is 0.0350. The second-order valence-corrected chi connectivity index (χ2v) is 10.4. The number of thiophene rings is 1. The van der Waals surface area contributed by atoms with E-state index in [1.807, 2.05) is 29.0 Å². The number of aryl methyl sites for hydroxylation is 1. The van der Waals surface area contributed by atoms with Gasteiger partial charge in [0.2, 0.25) is 0 Å². The first kappa shape index (κ1) is 19.0. The summed E-state index contributed by atoms with van der Waals surface area (Å²) in [5.41, 5.74) is 6.97. The molecule has 1 aliphatic carbocycles. The minimum atomic E-state index is -0.0882. The van der Waals surface area contributed by atoms with Gasteiger partial charge in [-0.1, -0.05) is 59.9 Å². The van der Waals surface area contributed by atoms with Gasteiger partial charge in [0.05, 0.1) is 16.3 Å². The van der Waals surface area contributed by atoms with Gasteiger partial charge in [-0.3, -0.25) is 9.36 Å². The van der Waals surface area contributed by atoms with E-state index in [2.05, 4.69) is 58.9 Å². The van der Waals surface area contributed by atoms with E-state index < -0.39 is 0 Å². The number of hydrogen-bond acceptors (Lipinski definition) is 4. The Labute approximate surface area is 197 Å². The molecule has 1 atom stereocenters. The molecule has 0 radical (unpaired) electrons. The summed E-state index contributed by atoms with van der Waals surface area (Å²) in [6, 6.07) is 20.8. The highest BCUT2D eigenvalue weighted by Gasteiger charge is 2.32. The number of rotatable bonds is 2. The number of aromatic nitrogens is 2. The minimum Gasteiger partial charge on any atom is -0.361 e. The molecule has 0 amide bonds. The number of H-pyrrole nitrogens is 1. The van der Waals surface area contributed by atoms with Crippen molar-refractivity contribution in [3.8, 4) is 0 Å². The van der Waals surface area contributed by atoms with Gasteiger partial charge in [0, 0.05) is 33.1 Å². The monoisotopic (exact) mass is 465 g/mol. The van der Waals surface area contributed by atoms with E-state index in [1.54, 1.807) is 11.3 Å². The molecule has 4 nitrogen and oxygen atoms in total. The fourth-order valence-electron chi connectivity index (χ4n) is 5.07. The van der Waals surface area contributed by atoms with E-state index in [0.29, 0.717) is 4.53 Å².